The molecular weight excluding hydrogens is 216 g/mol. The molecule has 0 heterocycles. The first kappa shape index (κ1) is 14.6. The number of hydrogen-bond donors (Lipinski definition) is 1. The van der Waals surface area contributed by atoms with E-state index in [9.17, 15) is 13.2 Å². The van der Waals surface area contributed by atoms with Crippen LogP contribution in [0.4, 0.5) is 0 Å². The summed E-state index contributed by atoms with van der Waals surface area (Å²) in [6, 6.07) is 0. The van der Waals surface area contributed by atoms with E-state index in [1.54, 1.807) is 6.92 Å². The number of hydrogen-bond acceptors (Lipinski definition) is 4. The highest BCUT2D eigenvalue weighted by Gasteiger charge is 2.15. The van der Waals surface area contributed by atoms with E-state index in [4.69, 9.17) is 5.11 Å². The minimum Gasteiger partial charge on any atom is -0.396 e. The number of aliphatic hydroxyl groups excluding tert-OH is 1. The second-order valence-electron chi connectivity index (χ2n) is 3.70. The Balaban J connectivity index is 3.96. The second kappa shape index (κ2) is 6.95. The Morgan fingerprint density at radius 3 is 2.33 bits per heavy atom. The van der Waals surface area contributed by atoms with Gasteiger partial charge in [-0.2, -0.15) is 0 Å². The summed E-state index contributed by atoms with van der Waals surface area (Å²) in [5, 5.41) is 8.72. The number of aliphatic hydroxyl groups is 1. The number of rotatable bonds is 8. The molecule has 0 saturated carbocycles. The standard InChI is InChI=1S/C10H20O4S/c1-3-15(13,14)8-4-5-10(6-7-11)9(2)12/h10-11H,3-8H2,1-2H3. The van der Waals surface area contributed by atoms with E-state index in [1.807, 2.05) is 0 Å². The van der Waals surface area contributed by atoms with Crippen molar-refractivity contribution in [1.29, 1.82) is 0 Å². The third-order valence-corrected chi connectivity index (χ3v) is 4.29. The molecule has 1 N–H and O–H groups in total. The van der Waals surface area contributed by atoms with Crippen molar-refractivity contribution in [2.24, 2.45) is 5.92 Å². The molecule has 0 rings (SSSR count). The molecule has 0 aliphatic carbocycles. The summed E-state index contributed by atoms with van der Waals surface area (Å²) >= 11 is 0. The van der Waals surface area contributed by atoms with Crippen LogP contribution in [0.3, 0.4) is 0 Å². The Morgan fingerprint density at radius 2 is 1.93 bits per heavy atom. The first-order valence-corrected chi connectivity index (χ1v) is 7.06. The highest BCUT2D eigenvalue weighted by molar-refractivity contribution is 7.91. The lowest BCUT2D eigenvalue weighted by molar-refractivity contribution is -0.121. The van der Waals surface area contributed by atoms with Crippen LogP contribution in [0, 0.1) is 5.92 Å². The lowest BCUT2D eigenvalue weighted by atomic mass is 9.96. The lowest BCUT2D eigenvalue weighted by Gasteiger charge is -2.11. The topological polar surface area (TPSA) is 71.4 Å². The molecule has 1 atom stereocenters. The molecule has 90 valence electrons. The van der Waals surface area contributed by atoms with Crippen molar-refractivity contribution in [3.8, 4) is 0 Å². The molecule has 5 heteroatoms. The number of carbonyl (C=O) groups excluding carboxylic acids is 1. The summed E-state index contributed by atoms with van der Waals surface area (Å²) in [5.74, 6) is 0.121. The molecule has 0 aromatic rings. The van der Waals surface area contributed by atoms with Gasteiger partial charge in [-0.1, -0.05) is 6.92 Å². The van der Waals surface area contributed by atoms with Crippen molar-refractivity contribution in [3.05, 3.63) is 0 Å². The molecule has 0 fully saturated rings. The monoisotopic (exact) mass is 236 g/mol. The predicted octanol–water partition coefficient (Wildman–Crippen LogP) is 0.789. The SMILES string of the molecule is CCS(=O)(=O)CCCC(CCO)C(C)=O. The fraction of sp³-hybridized carbons (Fsp3) is 0.900. The van der Waals surface area contributed by atoms with E-state index >= 15 is 0 Å². The Bertz CT molecular complexity index is 282. The van der Waals surface area contributed by atoms with Crippen LogP contribution in [0.2, 0.25) is 0 Å². The van der Waals surface area contributed by atoms with Gasteiger partial charge in [0.25, 0.3) is 0 Å². The summed E-state index contributed by atoms with van der Waals surface area (Å²) in [6.07, 6.45) is 1.48. The van der Waals surface area contributed by atoms with Gasteiger partial charge in [0.05, 0.1) is 5.75 Å². The number of sulfone groups is 1. The van der Waals surface area contributed by atoms with Crippen molar-refractivity contribution in [2.75, 3.05) is 18.1 Å². The van der Waals surface area contributed by atoms with Crippen LogP contribution in [-0.2, 0) is 14.6 Å². The van der Waals surface area contributed by atoms with Crippen molar-refractivity contribution >= 4 is 15.6 Å². The molecule has 0 bridgehead atoms. The zero-order chi connectivity index (χ0) is 11.9. The molecule has 0 amide bonds. The Morgan fingerprint density at radius 1 is 1.33 bits per heavy atom. The molecule has 0 saturated heterocycles. The van der Waals surface area contributed by atoms with Gasteiger partial charge in [0, 0.05) is 18.3 Å². The second-order valence-corrected chi connectivity index (χ2v) is 6.17. The fourth-order valence-corrected chi connectivity index (χ4v) is 2.30. The Kier molecular flexibility index (Phi) is 6.76. The average Bonchev–Trinajstić information content (AvgIpc) is 2.16. The van der Waals surface area contributed by atoms with E-state index in [-0.39, 0.29) is 29.8 Å². The van der Waals surface area contributed by atoms with E-state index in [2.05, 4.69) is 0 Å². The highest BCUT2D eigenvalue weighted by atomic mass is 32.2. The van der Waals surface area contributed by atoms with Gasteiger partial charge in [-0.25, -0.2) is 8.42 Å². The van der Waals surface area contributed by atoms with Crippen LogP contribution in [-0.4, -0.2) is 37.4 Å². The largest absolute Gasteiger partial charge is 0.396 e. The van der Waals surface area contributed by atoms with Crippen molar-refractivity contribution in [2.45, 2.75) is 33.1 Å². The molecule has 0 aliphatic heterocycles. The summed E-state index contributed by atoms with van der Waals surface area (Å²) < 4.78 is 22.3. The minimum absolute atomic E-state index is 0.0230. The fourth-order valence-electron chi connectivity index (χ4n) is 1.40. The molecule has 0 radical (unpaired) electrons. The number of ketones is 1. The van der Waals surface area contributed by atoms with Crippen LogP contribution in [0.25, 0.3) is 0 Å². The molecule has 4 nitrogen and oxygen atoms in total. The first-order valence-electron chi connectivity index (χ1n) is 5.24. The molecule has 15 heavy (non-hydrogen) atoms. The van der Waals surface area contributed by atoms with Gasteiger partial charge >= 0.3 is 0 Å². The molecule has 0 aromatic heterocycles. The van der Waals surface area contributed by atoms with E-state index < -0.39 is 9.84 Å². The van der Waals surface area contributed by atoms with Gasteiger partial charge in [-0.05, 0) is 26.2 Å². The summed E-state index contributed by atoms with van der Waals surface area (Å²) in [6.45, 7) is 3.07. The van der Waals surface area contributed by atoms with Crippen molar-refractivity contribution in [3.63, 3.8) is 0 Å². The van der Waals surface area contributed by atoms with Crippen molar-refractivity contribution < 1.29 is 18.3 Å². The van der Waals surface area contributed by atoms with Crippen LogP contribution >= 0.6 is 0 Å². The Hall–Kier alpha value is -0.420. The zero-order valence-electron chi connectivity index (χ0n) is 9.40. The maximum atomic E-state index is 11.2. The lowest BCUT2D eigenvalue weighted by Crippen LogP contribution is -2.15. The summed E-state index contributed by atoms with van der Waals surface area (Å²) in [5.41, 5.74) is 0. The van der Waals surface area contributed by atoms with Crippen LogP contribution in [0.15, 0.2) is 0 Å². The summed E-state index contributed by atoms with van der Waals surface area (Å²) in [4.78, 5) is 11.1. The van der Waals surface area contributed by atoms with Crippen LogP contribution < -0.4 is 0 Å². The quantitative estimate of drug-likeness (QED) is 0.676. The highest BCUT2D eigenvalue weighted by Crippen LogP contribution is 2.13. The van der Waals surface area contributed by atoms with Crippen LogP contribution in [0.1, 0.15) is 33.1 Å². The van der Waals surface area contributed by atoms with E-state index in [1.165, 1.54) is 6.92 Å². The number of Topliss-reactive ketones (excluding diaryl/α,β-unsaturated/α-hetero) is 1. The van der Waals surface area contributed by atoms with Gasteiger partial charge in [0.2, 0.25) is 0 Å². The van der Waals surface area contributed by atoms with Gasteiger partial charge in [-0.3, -0.25) is 4.79 Å². The normalized spacial score (nSPS) is 13.8. The maximum absolute atomic E-state index is 11.2. The third kappa shape index (κ3) is 6.62. The Labute approximate surface area is 91.6 Å². The van der Waals surface area contributed by atoms with Gasteiger partial charge in [-0.15, -0.1) is 0 Å². The van der Waals surface area contributed by atoms with Crippen molar-refractivity contribution in [1.82, 2.24) is 0 Å². The molecular formula is C10H20O4S. The number of carbonyl (C=O) groups is 1. The summed E-state index contributed by atoms with van der Waals surface area (Å²) in [7, 11) is -2.93. The van der Waals surface area contributed by atoms with Gasteiger partial charge < -0.3 is 5.11 Å². The molecule has 0 aliphatic rings. The average molecular weight is 236 g/mol. The van der Waals surface area contributed by atoms with E-state index in [0.717, 1.165) is 0 Å². The first-order chi connectivity index (χ1) is 6.93. The molecule has 0 spiro atoms. The van der Waals surface area contributed by atoms with Gasteiger partial charge in [0.1, 0.15) is 15.6 Å². The molecule has 1 unspecified atom stereocenters. The van der Waals surface area contributed by atoms with Gasteiger partial charge in [0.15, 0.2) is 0 Å². The van der Waals surface area contributed by atoms with E-state index in [0.29, 0.717) is 19.3 Å². The third-order valence-electron chi connectivity index (χ3n) is 2.50. The zero-order valence-corrected chi connectivity index (χ0v) is 10.2. The smallest absolute Gasteiger partial charge is 0.150 e. The molecule has 0 aromatic carbocycles. The minimum atomic E-state index is -2.93. The predicted molar refractivity (Wildman–Crippen MR) is 59.4 cm³/mol. The van der Waals surface area contributed by atoms with Crippen LogP contribution in [0.5, 0.6) is 0 Å². The maximum Gasteiger partial charge on any atom is 0.150 e.